The van der Waals surface area contributed by atoms with Crippen molar-refractivity contribution in [2.75, 3.05) is 27.4 Å². The van der Waals surface area contributed by atoms with Crippen LogP contribution in [-0.2, 0) is 14.3 Å². The number of hydrogen-bond acceptors (Lipinski definition) is 3. The Balaban J connectivity index is 2.71. The predicted molar refractivity (Wildman–Crippen MR) is 62.3 cm³/mol. The third kappa shape index (κ3) is 3.19. The molecule has 16 heavy (non-hydrogen) atoms. The summed E-state index contributed by atoms with van der Waals surface area (Å²) in [4.78, 5) is 13.9. The molecule has 0 bridgehead atoms. The zero-order chi connectivity index (χ0) is 12.0. The van der Waals surface area contributed by atoms with Gasteiger partial charge in [-0.05, 0) is 19.3 Å². The van der Waals surface area contributed by atoms with Gasteiger partial charge >= 0.3 is 0 Å². The van der Waals surface area contributed by atoms with Gasteiger partial charge in [0.1, 0.15) is 0 Å². The molecule has 2 atom stereocenters. The number of rotatable bonds is 5. The molecule has 1 aliphatic heterocycles. The summed E-state index contributed by atoms with van der Waals surface area (Å²) in [7, 11) is 3.38. The monoisotopic (exact) mass is 229 g/mol. The largest absolute Gasteiger partial charge is 0.383 e. The maximum absolute atomic E-state index is 12.0. The quantitative estimate of drug-likeness (QED) is 0.716. The van der Waals surface area contributed by atoms with Crippen LogP contribution in [0.5, 0.6) is 0 Å². The van der Waals surface area contributed by atoms with Crippen molar-refractivity contribution < 1.29 is 14.3 Å². The Hall–Kier alpha value is -0.610. The van der Waals surface area contributed by atoms with Crippen molar-refractivity contribution in [1.82, 2.24) is 4.90 Å². The van der Waals surface area contributed by atoms with Crippen molar-refractivity contribution in [3.05, 3.63) is 0 Å². The molecule has 94 valence electrons. The van der Waals surface area contributed by atoms with Crippen molar-refractivity contribution >= 4 is 5.91 Å². The molecule has 1 heterocycles. The van der Waals surface area contributed by atoms with Gasteiger partial charge in [0.15, 0.2) is 0 Å². The van der Waals surface area contributed by atoms with Crippen LogP contribution in [0.15, 0.2) is 0 Å². The number of carbonyl (C=O) groups excluding carboxylic acids is 1. The predicted octanol–water partition coefficient (Wildman–Crippen LogP) is 1.44. The van der Waals surface area contributed by atoms with Crippen LogP contribution >= 0.6 is 0 Å². The minimum atomic E-state index is 0.212. The SMILES string of the molecule is CCC(=O)N1[C@H](COC)CCC[C@H]1COC. The second kappa shape index (κ2) is 6.86. The third-order valence-electron chi connectivity index (χ3n) is 3.17. The average Bonchev–Trinajstić information content (AvgIpc) is 2.29. The summed E-state index contributed by atoms with van der Waals surface area (Å²) >= 11 is 0. The molecule has 1 saturated heterocycles. The fraction of sp³-hybridized carbons (Fsp3) is 0.917. The molecule has 0 radical (unpaired) electrons. The van der Waals surface area contributed by atoms with Crippen LogP contribution in [0.3, 0.4) is 0 Å². The molecule has 0 N–H and O–H groups in total. The first kappa shape index (κ1) is 13.5. The molecule has 4 nitrogen and oxygen atoms in total. The number of hydrogen-bond donors (Lipinski definition) is 0. The Kier molecular flexibility index (Phi) is 5.77. The Labute approximate surface area is 97.9 Å². The Morgan fingerprint density at radius 3 is 2.06 bits per heavy atom. The van der Waals surface area contributed by atoms with Crippen molar-refractivity contribution in [3.8, 4) is 0 Å². The summed E-state index contributed by atoms with van der Waals surface area (Å²) in [6.07, 6.45) is 3.79. The van der Waals surface area contributed by atoms with Crippen LogP contribution in [-0.4, -0.2) is 50.3 Å². The van der Waals surface area contributed by atoms with Crippen LogP contribution < -0.4 is 0 Å². The molecule has 0 aliphatic carbocycles. The highest BCUT2D eigenvalue weighted by molar-refractivity contribution is 5.76. The number of piperidine rings is 1. The van der Waals surface area contributed by atoms with Crippen molar-refractivity contribution in [3.63, 3.8) is 0 Å². The van der Waals surface area contributed by atoms with E-state index < -0.39 is 0 Å². The summed E-state index contributed by atoms with van der Waals surface area (Å²) in [6.45, 7) is 3.17. The van der Waals surface area contributed by atoms with Gasteiger partial charge < -0.3 is 14.4 Å². The van der Waals surface area contributed by atoms with Gasteiger partial charge in [0.25, 0.3) is 0 Å². The zero-order valence-corrected chi connectivity index (χ0v) is 10.6. The van der Waals surface area contributed by atoms with Crippen molar-refractivity contribution in [2.45, 2.75) is 44.7 Å². The second-order valence-corrected chi connectivity index (χ2v) is 4.30. The summed E-state index contributed by atoms with van der Waals surface area (Å²) in [5.74, 6) is 0.212. The lowest BCUT2D eigenvalue weighted by atomic mass is 9.95. The summed E-state index contributed by atoms with van der Waals surface area (Å²) in [6, 6.07) is 0.456. The lowest BCUT2D eigenvalue weighted by Gasteiger charge is -2.41. The van der Waals surface area contributed by atoms with E-state index in [2.05, 4.69) is 0 Å². The molecule has 1 aliphatic rings. The van der Waals surface area contributed by atoms with E-state index in [9.17, 15) is 4.79 Å². The van der Waals surface area contributed by atoms with Gasteiger partial charge in [-0.2, -0.15) is 0 Å². The van der Waals surface area contributed by atoms with Crippen LogP contribution in [0.25, 0.3) is 0 Å². The summed E-state index contributed by atoms with van der Waals surface area (Å²) in [5.41, 5.74) is 0. The molecule has 0 spiro atoms. The van der Waals surface area contributed by atoms with Gasteiger partial charge in [0.05, 0.1) is 25.3 Å². The fourth-order valence-electron chi connectivity index (χ4n) is 2.47. The van der Waals surface area contributed by atoms with Crippen LogP contribution in [0, 0.1) is 0 Å². The van der Waals surface area contributed by atoms with Crippen LogP contribution in [0.1, 0.15) is 32.6 Å². The molecule has 4 heteroatoms. The van der Waals surface area contributed by atoms with E-state index in [1.165, 1.54) is 0 Å². The Bertz CT molecular complexity index is 202. The lowest BCUT2D eigenvalue weighted by Crippen LogP contribution is -2.53. The van der Waals surface area contributed by atoms with Gasteiger partial charge in [-0.1, -0.05) is 6.92 Å². The van der Waals surface area contributed by atoms with Gasteiger partial charge in [-0.15, -0.1) is 0 Å². The summed E-state index contributed by atoms with van der Waals surface area (Å²) < 4.78 is 10.4. The number of carbonyl (C=O) groups is 1. The molecule has 0 aromatic carbocycles. The molecular formula is C12H23NO3. The topological polar surface area (TPSA) is 38.8 Å². The van der Waals surface area contributed by atoms with E-state index in [4.69, 9.17) is 9.47 Å². The van der Waals surface area contributed by atoms with Crippen LogP contribution in [0.4, 0.5) is 0 Å². The maximum Gasteiger partial charge on any atom is 0.222 e. The fourth-order valence-corrected chi connectivity index (χ4v) is 2.47. The third-order valence-corrected chi connectivity index (χ3v) is 3.17. The number of methoxy groups -OCH3 is 2. The standard InChI is InChI=1S/C12H23NO3/c1-4-12(14)13-10(8-15-2)6-5-7-11(13)9-16-3/h10-11H,4-9H2,1-3H3/t10-,11-/m0/s1. The van der Waals surface area contributed by atoms with E-state index in [-0.39, 0.29) is 18.0 Å². The highest BCUT2D eigenvalue weighted by Crippen LogP contribution is 2.24. The van der Waals surface area contributed by atoms with E-state index in [0.717, 1.165) is 19.3 Å². The van der Waals surface area contributed by atoms with E-state index >= 15 is 0 Å². The normalized spacial score (nSPS) is 25.8. The Morgan fingerprint density at radius 1 is 1.19 bits per heavy atom. The second-order valence-electron chi connectivity index (χ2n) is 4.30. The highest BCUT2D eigenvalue weighted by atomic mass is 16.5. The van der Waals surface area contributed by atoms with Gasteiger partial charge in [-0.25, -0.2) is 0 Å². The Morgan fingerprint density at radius 2 is 1.69 bits per heavy atom. The smallest absolute Gasteiger partial charge is 0.222 e. The molecule has 0 aromatic rings. The molecule has 1 fully saturated rings. The van der Waals surface area contributed by atoms with Crippen LogP contribution in [0.2, 0.25) is 0 Å². The van der Waals surface area contributed by atoms with E-state index in [0.29, 0.717) is 19.6 Å². The van der Waals surface area contributed by atoms with E-state index in [1.807, 2.05) is 11.8 Å². The molecule has 0 aromatic heterocycles. The van der Waals surface area contributed by atoms with E-state index in [1.54, 1.807) is 14.2 Å². The van der Waals surface area contributed by atoms with Crippen molar-refractivity contribution in [2.24, 2.45) is 0 Å². The van der Waals surface area contributed by atoms with Gasteiger partial charge in [0.2, 0.25) is 5.91 Å². The summed E-state index contributed by atoms with van der Waals surface area (Å²) in [5, 5.41) is 0. The number of amides is 1. The van der Waals surface area contributed by atoms with Crippen molar-refractivity contribution in [1.29, 1.82) is 0 Å². The minimum Gasteiger partial charge on any atom is -0.383 e. The average molecular weight is 229 g/mol. The lowest BCUT2D eigenvalue weighted by molar-refractivity contribution is -0.141. The number of likely N-dealkylation sites (tertiary alicyclic amines) is 1. The first-order valence-electron chi connectivity index (χ1n) is 6.03. The van der Waals surface area contributed by atoms with Gasteiger partial charge in [0, 0.05) is 20.6 Å². The number of nitrogens with zero attached hydrogens (tertiary/aromatic N) is 1. The molecular weight excluding hydrogens is 206 g/mol. The maximum atomic E-state index is 12.0. The zero-order valence-electron chi connectivity index (χ0n) is 10.6. The first-order valence-corrected chi connectivity index (χ1v) is 6.03. The molecule has 1 amide bonds. The highest BCUT2D eigenvalue weighted by Gasteiger charge is 2.33. The minimum absolute atomic E-state index is 0.212. The molecule has 0 unspecified atom stereocenters. The first-order chi connectivity index (χ1) is 7.74. The molecule has 1 rings (SSSR count). The molecule has 0 saturated carbocycles. The van der Waals surface area contributed by atoms with Gasteiger partial charge in [-0.3, -0.25) is 4.79 Å². The number of ether oxygens (including phenoxy) is 2.